The Bertz CT molecular complexity index is 331. The van der Waals surface area contributed by atoms with Gasteiger partial charge in [-0.1, -0.05) is 34.6 Å². The zero-order chi connectivity index (χ0) is 11.4. The van der Waals surface area contributed by atoms with E-state index in [0.29, 0.717) is 5.49 Å². The number of hydrogen-bond acceptors (Lipinski definition) is 2. The molecule has 1 aromatic heterocycles. The van der Waals surface area contributed by atoms with Gasteiger partial charge >= 0.3 is 0 Å². The van der Waals surface area contributed by atoms with Crippen molar-refractivity contribution in [3.63, 3.8) is 0 Å². The van der Waals surface area contributed by atoms with Gasteiger partial charge in [-0.3, -0.25) is 10.1 Å². The molecule has 0 aliphatic carbocycles. The monoisotopic (exact) mass is 195 g/mol. The third-order valence-corrected chi connectivity index (χ3v) is 1.88. The van der Waals surface area contributed by atoms with Crippen molar-refractivity contribution in [1.29, 1.82) is 5.41 Å². The number of aromatic nitrogens is 2. The molecule has 80 valence electrons. The highest BCUT2D eigenvalue weighted by molar-refractivity contribution is 5.15. The molecule has 0 aliphatic heterocycles. The van der Waals surface area contributed by atoms with E-state index in [0.717, 1.165) is 5.56 Å². The molecule has 1 heterocycles. The van der Waals surface area contributed by atoms with Gasteiger partial charge in [-0.2, -0.15) is 5.10 Å². The van der Waals surface area contributed by atoms with Crippen LogP contribution in [0.3, 0.4) is 0 Å². The summed E-state index contributed by atoms with van der Waals surface area (Å²) in [6, 6.07) is 1.85. The van der Waals surface area contributed by atoms with Gasteiger partial charge in [0.1, 0.15) is 5.49 Å². The van der Waals surface area contributed by atoms with Gasteiger partial charge in [0.25, 0.3) is 0 Å². The lowest BCUT2D eigenvalue weighted by atomic mass is 9.89. The first-order valence-corrected chi connectivity index (χ1v) is 5.00. The lowest BCUT2D eigenvalue weighted by Crippen LogP contribution is -2.23. The lowest BCUT2D eigenvalue weighted by Gasteiger charge is -2.18. The molecule has 0 bridgehead atoms. The Balaban J connectivity index is 0.000000791. The maximum Gasteiger partial charge on any atom is 0.141 e. The summed E-state index contributed by atoms with van der Waals surface area (Å²) in [5.74, 6) is 0. The molecule has 0 aliphatic rings. The van der Waals surface area contributed by atoms with Gasteiger partial charge < -0.3 is 0 Å². The van der Waals surface area contributed by atoms with Crippen molar-refractivity contribution in [3.05, 3.63) is 23.3 Å². The molecule has 0 radical (unpaired) electrons. The molecule has 1 rings (SSSR count). The SMILES string of the molecule is CC.Cn1ncc(C(C)(C)C)cc1=N. The summed E-state index contributed by atoms with van der Waals surface area (Å²) in [6.45, 7) is 10.3. The molecule has 0 spiro atoms. The first-order valence-electron chi connectivity index (χ1n) is 5.00. The zero-order valence-corrected chi connectivity index (χ0v) is 10.0. The number of rotatable bonds is 0. The zero-order valence-electron chi connectivity index (χ0n) is 10.0. The Hall–Kier alpha value is -1.12. The second kappa shape index (κ2) is 4.94. The number of hydrogen-bond donors (Lipinski definition) is 1. The first kappa shape index (κ1) is 12.9. The van der Waals surface area contributed by atoms with Gasteiger partial charge in [-0.15, -0.1) is 0 Å². The number of nitrogens with zero attached hydrogens (tertiary/aromatic N) is 2. The molecule has 14 heavy (non-hydrogen) atoms. The summed E-state index contributed by atoms with van der Waals surface area (Å²) in [6.07, 6.45) is 1.82. The Kier molecular flexibility index (Phi) is 4.54. The predicted molar refractivity (Wildman–Crippen MR) is 59.1 cm³/mol. The topological polar surface area (TPSA) is 41.7 Å². The summed E-state index contributed by atoms with van der Waals surface area (Å²) in [5.41, 5.74) is 1.63. The van der Waals surface area contributed by atoms with Crippen LogP contribution in [0.1, 0.15) is 40.2 Å². The van der Waals surface area contributed by atoms with Crippen molar-refractivity contribution in [2.45, 2.75) is 40.0 Å². The quantitative estimate of drug-likeness (QED) is 0.677. The Morgan fingerprint density at radius 3 is 2.14 bits per heavy atom. The summed E-state index contributed by atoms with van der Waals surface area (Å²) in [7, 11) is 1.77. The molecule has 0 fully saturated rings. The molecular weight excluding hydrogens is 174 g/mol. The Morgan fingerprint density at radius 1 is 1.29 bits per heavy atom. The van der Waals surface area contributed by atoms with Gasteiger partial charge in [-0.25, -0.2) is 0 Å². The van der Waals surface area contributed by atoms with Crippen LogP contribution in [0.15, 0.2) is 12.3 Å². The molecule has 1 aromatic rings. The van der Waals surface area contributed by atoms with E-state index in [1.807, 2.05) is 26.1 Å². The first-order chi connectivity index (χ1) is 6.41. The summed E-state index contributed by atoms with van der Waals surface area (Å²) >= 11 is 0. The van der Waals surface area contributed by atoms with Crippen LogP contribution in [0.5, 0.6) is 0 Å². The van der Waals surface area contributed by atoms with Crippen LogP contribution < -0.4 is 5.49 Å². The van der Waals surface area contributed by atoms with Crippen LogP contribution >= 0.6 is 0 Å². The fraction of sp³-hybridized carbons (Fsp3) is 0.636. The third-order valence-electron chi connectivity index (χ3n) is 1.88. The molecule has 0 saturated carbocycles. The maximum absolute atomic E-state index is 7.54. The maximum atomic E-state index is 7.54. The minimum absolute atomic E-state index is 0.0804. The normalized spacial score (nSPS) is 10.4. The molecule has 3 heteroatoms. The highest BCUT2D eigenvalue weighted by Gasteiger charge is 2.13. The molecule has 1 N–H and O–H groups in total. The van der Waals surface area contributed by atoms with Crippen LogP contribution in [0, 0.1) is 5.41 Å². The highest BCUT2D eigenvalue weighted by Crippen LogP contribution is 2.18. The summed E-state index contributed by atoms with van der Waals surface area (Å²) in [4.78, 5) is 0. The van der Waals surface area contributed by atoms with E-state index in [9.17, 15) is 0 Å². The Morgan fingerprint density at radius 2 is 1.79 bits per heavy atom. The van der Waals surface area contributed by atoms with E-state index in [-0.39, 0.29) is 5.41 Å². The van der Waals surface area contributed by atoms with Gasteiger partial charge in [0.2, 0.25) is 0 Å². The third kappa shape index (κ3) is 3.32. The molecule has 0 saturated heterocycles. The molecular formula is C11H21N3. The van der Waals surface area contributed by atoms with Crippen LogP contribution in [0.4, 0.5) is 0 Å². The van der Waals surface area contributed by atoms with Crippen molar-refractivity contribution in [2.24, 2.45) is 7.05 Å². The van der Waals surface area contributed by atoms with Crippen molar-refractivity contribution in [2.75, 3.05) is 0 Å². The number of aryl methyl sites for hydroxylation is 1. The fourth-order valence-corrected chi connectivity index (χ4v) is 0.899. The molecule has 0 atom stereocenters. The van der Waals surface area contributed by atoms with Crippen molar-refractivity contribution >= 4 is 0 Å². The largest absolute Gasteiger partial charge is 0.283 e. The van der Waals surface area contributed by atoms with E-state index < -0.39 is 0 Å². The minimum Gasteiger partial charge on any atom is -0.283 e. The van der Waals surface area contributed by atoms with E-state index in [2.05, 4.69) is 25.9 Å². The van der Waals surface area contributed by atoms with Gasteiger partial charge in [-0.05, 0) is 17.0 Å². The average molecular weight is 195 g/mol. The lowest BCUT2D eigenvalue weighted by molar-refractivity contribution is 0.568. The second-order valence-electron chi connectivity index (χ2n) is 4.00. The number of nitrogens with one attached hydrogen (secondary N) is 1. The average Bonchev–Trinajstić information content (AvgIpc) is 2.11. The van der Waals surface area contributed by atoms with Gasteiger partial charge in [0.15, 0.2) is 0 Å². The molecule has 3 nitrogen and oxygen atoms in total. The summed E-state index contributed by atoms with van der Waals surface area (Å²) < 4.78 is 1.55. The Labute approximate surface area is 86.3 Å². The predicted octanol–water partition coefficient (Wildman–Crippen LogP) is 2.22. The fourth-order valence-electron chi connectivity index (χ4n) is 0.899. The van der Waals surface area contributed by atoms with Crippen molar-refractivity contribution < 1.29 is 0 Å². The van der Waals surface area contributed by atoms with E-state index in [1.54, 1.807) is 11.7 Å². The molecule has 0 unspecified atom stereocenters. The van der Waals surface area contributed by atoms with E-state index in [1.165, 1.54) is 0 Å². The van der Waals surface area contributed by atoms with E-state index in [4.69, 9.17) is 5.41 Å². The van der Waals surface area contributed by atoms with Gasteiger partial charge in [0, 0.05) is 7.05 Å². The minimum atomic E-state index is 0.0804. The van der Waals surface area contributed by atoms with Gasteiger partial charge in [0.05, 0.1) is 6.20 Å². The van der Waals surface area contributed by atoms with Crippen LogP contribution in [-0.4, -0.2) is 9.78 Å². The summed E-state index contributed by atoms with van der Waals surface area (Å²) in [5, 5.41) is 11.6. The van der Waals surface area contributed by atoms with E-state index >= 15 is 0 Å². The smallest absolute Gasteiger partial charge is 0.141 e. The molecule has 0 amide bonds. The van der Waals surface area contributed by atoms with Crippen LogP contribution in [0.25, 0.3) is 0 Å². The molecule has 0 aromatic carbocycles. The van der Waals surface area contributed by atoms with Crippen molar-refractivity contribution in [1.82, 2.24) is 9.78 Å². The van der Waals surface area contributed by atoms with Crippen LogP contribution in [0.2, 0.25) is 0 Å². The standard InChI is InChI=1S/C9H15N3.C2H6/c1-9(2,3)7-5-8(10)12(4)11-6-7;1-2/h5-6,10H,1-4H3;1-2H3. The van der Waals surface area contributed by atoms with Crippen LogP contribution in [-0.2, 0) is 12.5 Å². The highest BCUT2D eigenvalue weighted by atomic mass is 15.2. The second-order valence-corrected chi connectivity index (χ2v) is 4.00. The van der Waals surface area contributed by atoms with Crippen molar-refractivity contribution in [3.8, 4) is 0 Å².